The molecule has 1 fully saturated rings. The van der Waals surface area contributed by atoms with Crippen molar-refractivity contribution in [2.45, 2.75) is 53.2 Å². The van der Waals surface area contributed by atoms with Gasteiger partial charge in [-0.3, -0.25) is 4.79 Å². The maximum Gasteiger partial charge on any atom is 0.233 e. The first kappa shape index (κ1) is 23.2. The normalized spacial score (nSPS) is 20.0. The van der Waals surface area contributed by atoms with Crippen LogP contribution in [0.2, 0.25) is 0 Å². The Bertz CT molecular complexity index is 1380. The van der Waals surface area contributed by atoms with E-state index in [0.29, 0.717) is 34.4 Å². The van der Waals surface area contributed by atoms with Crippen molar-refractivity contribution >= 4 is 11.6 Å². The van der Waals surface area contributed by atoms with E-state index in [-0.39, 0.29) is 35.5 Å². The van der Waals surface area contributed by atoms with Gasteiger partial charge >= 0.3 is 0 Å². The number of rotatable bonds is 7. The van der Waals surface area contributed by atoms with Gasteiger partial charge in [-0.05, 0) is 110 Å². The Kier molecular flexibility index (Phi) is 6.45. The Balaban J connectivity index is 1.74. The summed E-state index contributed by atoms with van der Waals surface area (Å²) >= 11 is 0. The molecule has 0 bridgehead atoms. The number of phenolic OH excluding ortho intramolecular Hbond substituents is 1. The number of phenols is 1. The zero-order valence-electron chi connectivity index (χ0n) is 23.4. The minimum atomic E-state index is -0.707. The Morgan fingerprint density at radius 1 is 1.06 bits per heavy atom. The zero-order valence-corrected chi connectivity index (χ0v) is 21.4. The second-order valence-electron chi connectivity index (χ2n) is 9.82. The second-order valence-corrected chi connectivity index (χ2v) is 9.82. The summed E-state index contributed by atoms with van der Waals surface area (Å²) in [6.45, 7) is 8.89. The minimum absolute atomic E-state index is 0.112. The van der Waals surface area contributed by atoms with Crippen LogP contribution in [0.4, 0.5) is 14.5 Å². The predicted molar refractivity (Wildman–Crippen MR) is 137 cm³/mol. The molecule has 1 heterocycles. The van der Waals surface area contributed by atoms with Gasteiger partial charge in [-0.2, -0.15) is 0 Å². The molecule has 6 heteroatoms. The van der Waals surface area contributed by atoms with Gasteiger partial charge in [0.25, 0.3) is 0 Å². The lowest BCUT2D eigenvalue weighted by molar-refractivity contribution is -0.133. The second kappa shape index (κ2) is 10.0. The molecule has 1 aliphatic heterocycles. The van der Waals surface area contributed by atoms with E-state index in [4.69, 9.17) is 7.48 Å². The summed E-state index contributed by atoms with van der Waals surface area (Å²) in [6.07, 6.45) is -0.245. The molecule has 0 saturated carbocycles. The number of aryl methyl sites for hydroxylation is 2. The van der Waals surface area contributed by atoms with Crippen LogP contribution in [0.1, 0.15) is 61.6 Å². The number of methoxy groups -OCH3 is 1. The Hall–Kier alpha value is -3.25. The van der Waals surface area contributed by atoms with Gasteiger partial charge in [0.05, 0.1) is 20.8 Å². The Morgan fingerprint density at radius 3 is 2.42 bits per heavy atom. The highest BCUT2D eigenvalue weighted by Gasteiger charge is 2.52. The molecular formula is C30H33F2NO3. The van der Waals surface area contributed by atoms with Crippen molar-refractivity contribution in [2.75, 3.05) is 12.0 Å². The fourth-order valence-corrected chi connectivity index (χ4v) is 5.36. The van der Waals surface area contributed by atoms with Gasteiger partial charge in [0.15, 0.2) is 0 Å². The predicted octanol–water partition coefficient (Wildman–Crippen LogP) is 7.02. The number of nitrogens with zero attached hydrogens (tertiary/aromatic N) is 1. The van der Waals surface area contributed by atoms with Crippen molar-refractivity contribution in [1.82, 2.24) is 0 Å². The lowest BCUT2D eigenvalue weighted by atomic mass is 9.71. The van der Waals surface area contributed by atoms with E-state index in [0.717, 1.165) is 11.1 Å². The lowest BCUT2D eigenvalue weighted by Crippen LogP contribution is -2.58. The molecule has 36 heavy (non-hydrogen) atoms. The van der Waals surface area contributed by atoms with Gasteiger partial charge in [-0.25, -0.2) is 8.78 Å². The number of benzene rings is 3. The minimum Gasteiger partial charge on any atom is -0.508 e. The van der Waals surface area contributed by atoms with Crippen molar-refractivity contribution in [3.05, 3.63) is 93.5 Å². The number of amides is 1. The molecule has 4 rings (SSSR count). The lowest BCUT2D eigenvalue weighted by Gasteiger charge is -2.51. The van der Waals surface area contributed by atoms with Crippen LogP contribution in [0.3, 0.4) is 0 Å². The van der Waals surface area contributed by atoms with E-state index in [2.05, 4.69) is 0 Å². The van der Waals surface area contributed by atoms with Gasteiger partial charge in [0.2, 0.25) is 5.91 Å². The number of aromatic hydroxyl groups is 1. The third-order valence-electron chi connectivity index (χ3n) is 7.54. The molecule has 0 aliphatic carbocycles. The van der Waals surface area contributed by atoms with Gasteiger partial charge < -0.3 is 14.7 Å². The number of anilines is 1. The molecule has 0 spiro atoms. The van der Waals surface area contributed by atoms with E-state index in [1.165, 1.54) is 19.2 Å². The van der Waals surface area contributed by atoms with Crippen molar-refractivity contribution < 1.29 is 26.2 Å². The molecule has 3 aromatic carbocycles. The maximum absolute atomic E-state index is 14.4. The Morgan fingerprint density at radius 2 is 1.78 bits per heavy atom. The van der Waals surface area contributed by atoms with Crippen molar-refractivity contribution in [1.29, 1.82) is 0 Å². The average Bonchev–Trinajstić information content (AvgIpc) is 2.86. The summed E-state index contributed by atoms with van der Waals surface area (Å²) in [5.41, 5.74) is 4.30. The summed E-state index contributed by atoms with van der Waals surface area (Å²) in [7, 11) is 1.51. The molecule has 3 aromatic rings. The molecule has 1 aliphatic rings. The van der Waals surface area contributed by atoms with Crippen LogP contribution in [0.5, 0.6) is 5.75 Å². The highest BCUT2D eigenvalue weighted by atomic mass is 19.1. The number of β-lactam (4-membered cyclic amide) rings is 1. The number of carbonyl (C=O) groups is 1. The molecule has 0 unspecified atom stereocenters. The fraction of sp³-hybridized carbons (Fsp3) is 0.367. The summed E-state index contributed by atoms with van der Waals surface area (Å²) in [5.74, 6) is -1.75. The van der Waals surface area contributed by atoms with Crippen molar-refractivity contribution in [3.63, 3.8) is 0 Å². The SMILES string of the molecule is [2H]c1c([2H])c([C@H](C[C@H](C)[C@H]2C(=O)N(c3ccc(F)cc3C)[C@@H]2c2ccc(O)cc2C)OC)c(C)c(C)c1F. The van der Waals surface area contributed by atoms with Gasteiger partial charge in [0.1, 0.15) is 17.4 Å². The van der Waals surface area contributed by atoms with Crippen LogP contribution < -0.4 is 4.90 Å². The van der Waals surface area contributed by atoms with Gasteiger partial charge in [-0.15, -0.1) is 0 Å². The zero-order chi connectivity index (χ0) is 28.0. The monoisotopic (exact) mass is 495 g/mol. The van der Waals surface area contributed by atoms with Crippen LogP contribution in [0.15, 0.2) is 48.5 Å². The quantitative estimate of drug-likeness (QED) is 0.358. The highest BCUT2D eigenvalue weighted by Crippen LogP contribution is 2.50. The van der Waals surface area contributed by atoms with Crippen LogP contribution in [0, 0.1) is 51.2 Å². The smallest absolute Gasteiger partial charge is 0.233 e. The highest BCUT2D eigenvalue weighted by molar-refractivity contribution is 6.04. The number of carbonyl (C=O) groups excluding carboxylic acids is 1. The molecule has 4 atom stereocenters. The number of hydrogen-bond donors (Lipinski definition) is 1. The summed E-state index contributed by atoms with van der Waals surface area (Å²) in [5, 5.41) is 9.99. The van der Waals surface area contributed by atoms with E-state index in [1.54, 1.807) is 43.9 Å². The van der Waals surface area contributed by atoms with E-state index >= 15 is 0 Å². The fourth-order valence-electron chi connectivity index (χ4n) is 5.36. The number of ether oxygens (including phenoxy) is 1. The van der Waals surface area contributed by atoms with Crippen LogP contribution in [-0.4, -0.2) is 18.1 Å². The molecular weight excluding hydrogens is 460 g/mol. The van der Waals surface area contributed by atoms with E-state index < -0.39 is 23.9 Å². The molecule has 1 N–H and O–H groups in total. The van der Waals surface area contributed by atoms with Gasteiger partial charge in [-0.1, -0.05) is 19.0 Å². The molecule has 0 radical (unpaired) electrons. The van der Waals surface area contributed by atoms with Crippen molar-refractivity contribution in [2.24, 2.45) is 11.8 Å². The maximum atomic E-state index is 14.4. The third kappa shape index (κ3) is 4.50. The third-order valence-corrected chi connectivity index (χ3v) is 7.54. The first-order chi connectivity index (χ1) is 17.9. The largest absolute Gasteiger partial charge is 0.508 e. The topological polar surface area (TPSA) is 49.8 Å². The summed E-state index contributed by atoms with van der Waals surface area (Å²) < 4.78 is 50.5. The Labute approximate surface area is 214 Å². The summed E-state index contributed by atoms with van der Waals surface area (Å²) in [4.78, 5) is 15.4. The van der Waals surface area contributed by atoms with Gasteiger partial charge in [0, 0.05) is 12.8 Å². The molecule has 1 amide bonds. The van der Waals surface area contributed by atoms with E-state index in [1.807, 2.05) is 19.9 Å². The molecule has 0 aromatic heterocycles. The van der Waals surface area contributed by atoms with Crippen LogP contribution >= 0.6 is 0 Å². The summed E-state index contributed by atoms with van der Waals surface area (Å²) in [6, 6.07) is 8.36. The molecule has 4 nitrogen and oxygen atoms in total. The standard InChI is InChI=1S/C30H33F2NO3/c1-16-14-22(34)8-9-23(16)29-28(30(35)33(29)26-12-7-21(31)13-17(26)2)18(3)15-27(36-6)24-10-11-25(32)20(5)19(24)4/h7-14,18,27-29,34H,15H2,1-6H3/t18-,27-,28+,29+/m0/s1/i10D,11D. The first-order valence-electron chi connectivity index (χ1n) is 13.1. The first-order valence-corrected chi connectivity index (χ1v) is 12.1. The van der Waals surface area contributed by atoms with Crippen molar-refractivity contribution in [3.8, 4) is 5.75 Å². The van der Waals surface area contributed by atoms with E-state index in [9.17, 15) is 18.7 Å². The number of hydrogen-bond acceptors (Lipinski definition) is 3. The number of halogens is 2. The van der Waals surface area contributed by atoms with Crippen LogP contribution in [-0.2, 0) is 9.53 Å². The van der Waals surface area contributed by atoms with Crippen LogP contribution in [0.25, 0.3) is 0 Å². The molecule has 1 saturated heterocycles. The molecule has 190 valence electrons. The average molecular weight is 496 g/mol.